The maximum atomic E-state index is 11.4. The SMILES string of the molecule is CN=C(NCc1ccc(S(N)(=O)=O)s1)NC(C)c1cccc(N2CCCC2)c1.I. The first-order chi connectivity index (χ1) is 13.4. The number of thiophene rings is 1. The van der Waals surface area contributed by atoms with Gasteiger partial charge in [0.25, 0.3) is 0 Å². The molecule has 1 aliphatic heterocycles. The fourth-order valence-corrected chi connectivity index (χ4v) is 4.94. The molecule has 3 rings (SSSR count). The molecule has 2 aromatic rings. The van der Waals surface area contributed by atoms with Gasteiger partial charge in [-0.2, -0.15) is 0 Å². The van der Waals surface area contributed by atoms with Gasteiger partial charge >= 0.3 is 0 Å². The van der Waals surface area contributed by atoms with Gasteiger partial charge in [0, 0.05) is 30.7 Å². The normalized spacial score (nSPS) is 15.7. The van der Waals surface area contributed by atoms with Crippen LogP contribution in [0.15, 0.2) is 45.6 Å². The van der Waals surface area contributed by atoms with Crippen LogP contribution in [0.2, 0.25) is 0 Å². The molecule has 1 unspecified atom stereocenters. The Morgan fingerprint density at radius 1 is 1.28 bits per heavy atom. The van der Waals surface area contributed by atoms with Crippen LogP contribution < -0.4 is 20.7 Å². The lowest BCUT2D eigenvalue weighted by Gasteiger charge is -2.22. The number of hydrogen-bond donors (Lipinski definition) is 3. The van der Waals surface area contributed by atoms with E-state index in [4.69, 9.17) is 5.14 Å². The Hall–Kier alpha value is -1.37. The highest BCUT2D eigenvalue weighted by atomic mass is 127. The van der Waals surface area contributed by atoms with Gasteiger partial charge in [0.05, 0.1) is 12.6 Å². The lowest BCUT2D eigenvalue weighted by atomic mass is 10.1. The van der Waals surface area contributed by atoms with Gasteiger partial charge in [0.15, 0.2) is 5.96 Å². The molecule has 1 fully saturated rings. The van der Waals surface area contributed by atoms with Crippen molar-refractivity contribution in [2.45, 2.75) is 36.6 Å². The molecule has 0 bridgehead atoms. The standard InChI is InChI=1S/C19H27N5O2S2.HI/c1-14(15-6-5-7-16(12-15)24-10-3-4-11-24)23-19(21-2)22-13-17-8-9-18(27-17)28(20,25)26;/h5-9,12,14H,3-4,10-11,13H2,1-2H3,(H2,20,25,26)(H2,21,22,23);1H. The minimum absolute atomic E-state index is 0. The molecule has 2 heterocycles. The minimum Gasteiger partial charge on any atom is -0.372 e. The molecule has 0 aliphatic carbocycles. The number of benzene rings is 1. The topological polar surface area (TPSA) is 99.8 Å². The number of guanidine groups is 1. The summed E-state index contributed by atoms with van der Waals surface area (Å²) in [6.45, 7) is 4.81. The molecule has 1 atom stereocenters. The highest BCUT2D eigenvalue weighted by Crippen LogP contribution is 2.24. The van der Waals surface area contributed by atoms with Crippen LogP contribution in [-0.2, 0) is 16.6 Å². The molecule has 0 radical (unpaired) electrons. The average molecular weight is 550 g/mol. The zero-order chi connectivity index (χ0) is 20.1. The van der Waals surface area contributed by atoms with Crippen LogP contribution in [-0.4, -0.2) is 34.5 Å². The summed E-state index contributed by atoms with van der Waals surface area (Å²) in [4.78, 5) is 7.56. The number of primary sulfonamides is 1. The zero-order valence-corrected chi connectivity index (χ0v) is 20.6. The second-order valence-electron chi connectivity index (χ2n) is 6.85. The van der Waals surface area contributed by atoms with Crippen molar-refractivity contribution in [1.82, 2.24) is 10.6 Å². The molecule has 10 heteroatoms. The smallest absolute Gasteiger partial charge is 0.247 e. The number of nitrogens with zero attached hydrogens (tertiary/aromatic N) is 2. The van der Waals surface area contributed by atoms with Gasteiger partial charge in [0.2, 0.25) is 10.0 Å². The van der Waals surface area contributed by atoms with Crippen molar-refractivity contribution < 1.29 is 8.42 Å². The van der Waals surface area contributed by atoms with Crippen molar-refractivity contribution in [3.05, 3.63) is 46.8 Å². The highest BCUT2D eigenvalue weighted by Gasteiger charge is 2.15. The first kappa shape index (κ1) is 23.9. The number of rotatable bonds is 6. The van der Waals surface area contributed by atoms with Crippen LogP contribution in [0.1, 0.15) is 36.2 Å². The summed E-state index contributed by atoms with van der Waals surface area (Å²) in [5.41, 5.74) is 2.46. The summed E-state index contributed by atoms with van der Waals surface area (Å²) in [5.74, 6) is 0.657. The second kappa shape index (κ2) is 10.6. The third kappa shape index (κ3) is 6.56. The predicted molar refractivity (Wildman–Crippen MR) is 131 cm³/mol. The van der Waals surface area contributed by atoms with Gasteiger partial charge < -0.3 is 15.5 Å². The molecule has 160 valence electrons. The van der Waals surface area contributed by atoms with Crippen LogP contribution in [0, 0.1) is 0 Å². The van der Waals surface area contributed by atoms with Crippen LogP contribution >= 0.6 is 35.3 Å². The van der Waals surface area contributed by atoms with Crippen LogP contribution in [0.3, 0.4) is 0 Å². The molecule has 29 heavy (non-hydrogen) atoms. The van der Waals surface area contributed by atoms with E-state index < -0.39 is 10.0 Å². The van der Waals surface area contributed by atoms with Gasteiger partial charge in [-0.05, 0) is 49.6 Å². The fraction of sp³-hybridized carbons (Fsp3) is 0.421. The van der Waals surface area contributed by atoms with Crippen molar-refractivity contribution in [2.75, 3.05) is 25.0 Å². The molecule has 1 aromatic carbocycles. The first-order valence-electron chi connectivity index (χ1n) is 9.30. The van der Waals surface area contributed by atoms with Gasteiger partial charge in [0.1, 0.15) is 4.21 Å². The Morgan fingerprint density at radius 2 is 2.00 bits per heavy atom. The molecule has 7 nitrogen and oxygen atoms in total. The number of nitrogens with two attached hydrogens (primary N) is 1. The summed E-state index contributed by atoms with van der Waals surface area (Å²) in [7, 11) is -1.94. The van der Waals surface area contributed by atoms with Gasteiger partial charge in [-0.1, -0.05) is 12.1 Å². The number of aliphatic imine (C=N–C) groups is 1. The van der Waals surface area contributed by atoms with Crippen LogP contribution in [0.5, 0.6) is 0 Å². The largest absolute Gasteiger partial charge is 0.372 e. The third-order valence-corrected chi connectivity index (χ3v) is 7.29. The number of sulfonamides is 1. The molecular formula is C19H28IN5O2S2. The Kier molecular flexibility index (Phi) is 8.73. The number of anilines is 1. The van der Waals surface area contributed by atoms with Crippen molar-refractivity contribution in [2.24, 2.45) is 10.1 Å². The fourth-order valence-electron chi connectivity index (χ4n) is 3.23. The van der Waals surface area contributed by atoms with E-state index in [1.165, 1.54) is 30.2 Å². The Bertz CT molecular complexity index is 940. The van der Waals surface area contributed by atoms with E-state index >= 15 is 0 Å². The van der Waals surface area contributed by atoms with Crippen LogP contribution in [0.4, 0.5) is 5.69 Å². The van der Waals surface area contributed by atoms with E-state index in [2.05, 4.69) is 51.7 Å². The third-order valence-electron chi connectivity index (χ3n) is 4.77. The maximum absolute atomic E-state index is 11.4. The highest BCUT2D eigenvalue weighted by molar-refractivity contribution is 14.0. The summed E-state index contributed by atoms with van der Waals surface area (Å²) in [6.07, 6.45) is 2.51. The molecule has 4 N–H and O–H groups in total. The first-order valence-corrected chi connectivity index (χ1v) is 11.7. The van der Waals surface area contributed by atoms with E-state index in [0.717, 1.165) is 29.3 Å². The van der Waals surface area contributed by atoms with Gasteiger partial charge in [-0.15, -0.1) is 35.3 Å². The lowest BCUT2D eigenvalue weighted by Crippen LogP contribution is -2.38. The van der Waals surface area contributed by atoms with E-state index in [9.17, 15) is 8.42 Å². The monoisotopic (exact) mass is 549 g/mol. The van der Waals surface area contributed by atoms with E-state index in [0.29, 0.717) is 12.5 Å². The number of halogens is 1. The summed E-state index contributed by atoms with van der Waals surface area (Å²) >= 11 is 1.16. The van der Waals surface area contributed by atoms with Gasteiger partial charge in [-0.3, -0.25) is 4.99 Å². The lowest BCUT2D eigenvalue weighted by molar-refractivity contribution is 0.600. The Balaban J connectivity index is 0.00000300. The molecule has 0 saturated carbocycles. The number of nitrogens with one attached hydrogen (secondary N) is 2. The average Bonchev–Trinajstić information content (AvgIpc) is 3.36. The minimum atomic E-state index is -3.65. The second-order valence-corrected chi connectivity index (χ2v) is 9.80. The van der Waals surface area contributed by atoms with Crippen molar-refractivity contribution in [3.63, 3.8) is 0 Å². The molecule has 0 spiro atoms. The van der Waals surface area contributed by atoms with Crippen LogP contribution in [0.25, 0.3) is 0 Å². The summed E-state index contributed by atoms with van der Waals surface area (Å²) in [6, 6.07) is 12.0. The maximum Gasteiger partial charge on any atom is 0.247 e. The van der Waals surface area contributed by atoms with Crippen molar-refractivity contribution >= 4 is 57.0 Å². The molecule has 1 aromatic heterocycles. The van der Waals surface area contributed by atoms with E-state index in [1.807, 2.05) is 0 Å². The van der Waals surface area contributed by atoms with Crippen molar-refractivity contribution in [3.8, 4) is 0 Å². The summed E-state index contributed by atoms with van der Waals surface area (Å²) < 4.78 is 23.0. The molecular weight excluding hydrogens is 521 g/mol. The molecule has 0 amide bonds. The Morgan fingerprint density at radius 3 is 2.62 bits per heavy atom. The Labute approximate surface area is 193 Å². The van der Waals surface area contributed by atoms with E-state index in [1.54, 1.807) is 13.1 Å². The summed E-state index contributed by atoms with van der Waals surface area (Å²) in [5, 5.41) is 11.8. The number of hydrogen-bond acceptors (Lipinski definition) is 5. The predicted octanol–water partition coefficient (Wildman–Crippen LogP) is 3.04. The van der Waals surface area contributed by atoms with Gasteiger partial charge in [-0.25, -0.2) is 13.6 Å². The molecule has 1 aliphatic rings. The quantitative estimate of drug-likeness (QED) is 0.292. The van der Waals surface area contributed by atoms with E-state index in [-0.39, 0.29) is 34.2 Å². The van der Waals surface area contributed by atoms with Crippen molar-refractivity contribution in [1.29, 1.82) is 0 Å². The zero-order valence-electron chi connectivity index (χ0n) is 16.6. The molecule has 1 saturated heterocycles.